The van der Waals surface area contributed by atoms with Gasteiger partial charge in [0.15, 0.2) is 0 Å². The van der Waals surface area contributed by atoms with E-state index in [0.717, 1.165) is 11.8 Å². The Hall–Kier alpha value is -1.38. The molecule has 2 fully saturated rings. The van der Waals surface area contributed by atoms with Crippen molar-refractivity contribution in [3.05, 3.63) is 30.1 Å². The van der Waals surface area contributed by atoms with Crippen LogP contribution >= 0.6 is 0 Å². The molecule has 1 heterocycles. The molecule has 2 saturated carbocycles. The summed E-state index contributed by atoms with van der Waals surface area (Å²) in [6.07, 6.45) is 8.47. The number of carbonyl (C=O) groups is 1. The zero-order valence-electron chi connectivity index (χ0n) is 9.23. The molecule has 2 bridgehead atoms. The highest BCUT2D eigenvalue weighted by molar-refractivity contribution is 5.94. The predicted molar refractivity (Wildman–Crippen MR) is 60.9 cm³/mol. The molecule has 0 radical (unpaired) electrons. The minimum absolute atomic E-state index is 0.0330. The van der Waals surface area contributed by atoms with Gasteiger partial charge in [0.05, 0.1) is 5.56 Å². The topological polar surface area (TPSA) is 42.0 Å². The van der Waals surface area contributed by atoms with E-state index in [4.69, 9.17) is 0 Å². The van der Waals surface area contributed by atoms with Crippen LogP contribution in [0.3, 0.4) is 0 Å². The van der Waals surface area contributed by atoms with Crippen LogP contribution in [0.1, 0.15) is 36.0 Å². The quantitative estimate of drug-likeness (QED) is 0.821. The Kier molecular flexibility index (Phi) is 2.39. The molecular weight excluding hydrogens is 200 g/mol. The molecule has 1 amide bonds. The number of carbonyl (C=O) groups excluding carboxylic acids is 1. The number of fused-ring (bicyclic) bond motifs is 2. The second-order valence-corrected chi connectivity index (χ2v) is 5.00. The van der Waals surface area contributed by atoms with Gasteiger partial charge < -0.3 is 5.32 Å². The van der Waals surface area contributed by atoms with Crippen molar-refractivity contribution >= 4 is 5.91 Å². The highest BCUT2D eigenvalue weighted by atomic mass is 16.1. The molecule has 0 saturated heterocycles. The summed E-state index contributed by atoms with van der Waals surface area (Å²) in [6.45, 7) is 0. The Morgan fingerprint density at radius 3 is 2.94 bits per heavy atom. The minimum atomic E-state index is 0.0330. The van der Waals surface area contributed by atoms with Crippen molar-refractivity contribution in [3.63, 3.8) is 0 Å². The number of amides is 1. The predicted octanol–water partition coefficient (Wildman–Crippen LogP) is 2.00. The lowest BCUT2D eigenvalue weighted by Gasteiger charge is -2.22. The molecule has 0 unspecified atom stereocenters. The van der Waals surface area contributed by atoms with Gasteiger partial charge in [-0.05, 0) is 43.2 Å². The highest BCUT2D eigenvalue weighted by Gasteiger charge is 2.40. The Morgan fingerprint density at radius 2 is 2.31 bits per heavy atom. The van der Waals surface area contributed by atoms with Crippen molar-refractivity contribution in [2.24, 2.45) is 11.8 Å². The van der Waals surface area contributed by atoms with Crippen molar-refractivity contribution < 1.29 is 4.79 Å². The van der Waals surface area contributed by atoms with Crippen LogP contribution in [0.4, 0.5) is 0 Å². The molecule has 0 aliphatic heterocycles. The summed E-state index contributed by atoms with van der Waals surface area (Å²) in [5, 5.41) is 3.15. The maximum absolute atomic E-state index is 11.9. The van der Waals surface area contributed by atoms with Crippen LogP contribution in [0.2, 0.25) is 0 Å². The summed E-state index contributed by atoms with van der Waals surface area (Å²) in [6, 6.07) is 4.03. The monoisotopic (exact) mass is 216 g/mol. The SMILES string of the molecule is O=C(N[C@@H]1C[C@H]2CC[C@H]1C2)c1cccnc1. The van der Waals surface area contributed by atoms with Crippen molar-refractivity contribution in [3.8, 4) is 0 Å². The van der Waals surface area contributed by atoms with E-state index < -0.39 is 0 Å². The van der Waals surface area contributed by atoms with E-state index in [1.165, 1.54) is 25.7 Å². The van der Waals surface area contributed by atoms with E-state index in [9.17, 15) is 4.79 Å². The summed E-state index contributed by atoms with van der Waals surface area (Å²) in [5.41, 5.74) is 0.672. The average molecular weight is 216 g/mol. The molecule has 0 aromatic carbocycles. The maximum atomic E-state index is 11.9. The van der Waals surface area contributed by atoms with E-state index in [-0.39, 0.29) is 5.91 Å². The van der Waals surface area contributed by atoms with E-state index >= 15 is 0 Å². The number of hydrogen-bond acceptors (Lipinski definition) is 2. The molecule has 16 heavy (non-hydrogen) atoms. The molecular formula is C13H16N2O. The fraction of sp³-hybridized carbons (Fsp3) is 0.538. The summed E-state index contributed by atoms with van der Waals surface area (Å²) >= 11 is 0. The molecule has 1 aromatic heterocycles. The van der Waals surface area contributed by atoms with Gasteiger partial charge in [0, 0.05) is 18.4 Å². The Bertz CT molecular complexity index is 390. The minimum Gasteiger partial charge on any atom is -0.349 e. The first-order valence-electron chi connectivity index (χ1n) is 6.04. The fourth-order valence-corrected chi connectivity index (χ4v) is 3.17. The molecule has 1 N–H and O–H groups in total. The van der Waals surface area contributed by atoms with Gasteiger partial charge in [-0.25, -0.2) is 0 Å². The van der Waals surface area contributed by atoms with Crippen LogP contribution in [0.5, 0.6) is 0 Å². The fourth-order valence-electron chi connectivity index (χ4n) is 3.17. The molecule has 3 atom stereocenters. The number of nitrogens with one attached hydrogen (secondary N) is 1. The van der Waals surface area contributed by atoms with Crippen LogP contribution in [-0.2, 0) is 0 Å². The molecule has 84 valence electrons. The molecule has 1 aromatic rings. The van der Waals surface area contributed by atoms with E-state index in [1.54, 1.807) is 18.5 Å². The van der Waals surface area contributed by atoms with Crippen LogP contribution in [-0.4, -0.2) is 16.9 Å². The third-order valence-corrected chi connectivity index (χ3v) is 3.98. The Morgan fingerprint density at radius 1 is 1.38 bits per heavy atom. The van der Waals surface area contributed by atoms with E-state index in [0.29, 0.717) is 11.6 Å². The van der Waals surface area contributed by atoms with Gasteiger partial charge in [-0.15, -0.1) is 0 Å². The number of nitrogens with zero attached hydrogens (tertiary/aromatic N) is 1. The zero-order valence-corrected chi connectivity index (χ0v) is 9.23. The van der Waals surface area contributed by atoms with Crippen molar-refractivity contribution in [1.82, 2.24) is 10.3 Å². The van der Waals surface area contributed by atoms with E-state index in [1.807, 2.05) is 6.07 Å². The standard InChI is InChI=1S/C13H16N2O/c16-13(11-2-1-5-14-8-11)15-12-7-9-3-4-10(12)6-9/h1-2,5,8-10,12H,3-4,6-7H2,(H,15,16)/t9-,10-,12+/m0/s1. The second-order valence-electron chi connectivity index (χ2n) is 5.00. The number of rotatable bonds is 2. The van der Waals surface area contributed by atoms with Gasteiger partial charge in [0.25, 0.3) is 5.91 Å². The molecule has 2 aliphatic carbocycles. The van der Waals surface area contributed by atoms with Gasteiger partial charge in [0.2, 0.25) is 0 Å². The maximum Gasteiger partial charge on any atom is 0.253 e. The first-order valence-corrected chi connectivity index (χ1v) is 6.04. The number of pyridine rings is 1. The largest absolute Gasteiger partial charge is 0.349 e. The van der Waals surface area contributed by atoms with Crippen molar-refractivity contribution in [2.45, 2.75) is 31.7 Å². The van der Waals surface area contributed by atoms with Crippen molar-refractivity contribution in [2.75, 3.05) is 0 Å². The average Bonchev–Trinajstić information content (AvgIpc) is 2.92. The van der Waals surface area contributed by atoms with Gasteiger partial charge >= 0.3 is 0 Å². The van der Waals surface area contributed by atoms with Gasteiger partial charge in [-0.2, -0.15) is 0 Å². The molecule has 2 aliphatic rings. The van der Waals surface area contributed by atoms with Gasteiger partial charge in [0.1, 0.15) is 0 Å². The number of aromatic nitrogens is 1. The van der Waals surface area contributed by atoms with Crippen LogP contribution in [0.25, 0.3) is 0 Å². The highest BCUT2D eigenvalue weighted by Crippen LogP contribution is 2.44. The molecule has 3 rings (SSSR count). The normalized spacial score (nSPS) is 31.6. The van der Waals surface area contributed by atoms with Gasteiger partial charge in [-0.3, -0.25) is 9.78 Å². The lowest BCUT2D eigenvalue weighted by Crippen LogP contribution is -2.38. The van der Waals surface area contributed by atoms with Crippen LogP contribution in [0.15, 0.2) is 24.5 Å². The summed E-state index contributed by atoms with van der Waals surface area (Å²) < 4.78 is 0. The van der Waals surface area contributed by atoms with Gasteiger partial charge in [-0.1, -0.05) is 6.42 Å². The Labute approximate surface area is 95.3 Å². The van der Waals surface area contributed by atoms with Crippen molar-refractivity contribution in [1.29, 1.82) is 0 Å². The lowest BCUT2D eigenvalue weighted by molar-refractivity contribution is 0.0922. The van der Waals surface area contributed by atoms with Crippen LogP contribution in [0, 0.1) is 11.8 Å². The third-order valence-electron chi connectivity index (χ3n) is 3.98. The Balaban J connectivity index is 1.65. The first-order chi connectivity index (χ1) is 7.83. The third kappa shape index (κ3) is 1.70. The lowest BCUT2D eigenvalue weighted by atomic mass is 9.95. The summed E-state index contributed by atoms with van der Waals surface area (Å²) in [7, 11) is 0. The molecule has 0 spiro atoms. The second kappa shape index (κ2) is 3.89. The molecule has 3 nitrogen and oxygen atoms in total. The zero-order chi connectivity index (χ0) is 11.0. The van der Waals surface area contributed by atoms with Crippen LogP contribution < -0.4 is 5.32 Å². The smallest absolute Gasteiger partial charge is 0.253 e. The molecule has 3 heteroatoms. The summed E-state index contributed by atoms with van der Waals surface area (Å²) in [4.78, 5) is 15.9. The number of hydrogen-bond donors (Lipinski definition) is 1. The summed E-state index contributed by atoms with van der Waals surface area (Å²) in [5.74, 6) is 1.63. The first kappa shape index (κ1) is 9.82. The van der Waals surface area contributed by atoms with E-state index in [2.05, 4.69) is 10.3 Å².